The Kier molecular flexibility index (Phi) is 6.81. The molecule has 0 aliphatic rings. The molecule has 10 rings (SSSR count). The molecule has 0 amide bonds. The fourth-order valence-electron chi connectivity index (χ4n) is 7.72. The molecule has 51 heavy (non-hydrogen) atoms. The molecule has 0 unspecified atom stereocenters. The van der Waals surface area contributed by atoms with Gasteiger partial charge < -0.3 is 4.90 Å². The largest absolute Gasteiger partial charge is 0.310 e. The molecule has 3 heteroatoms. The van der Waals surface area contributed by atoms with E-state index in [1.54, 1.807) is 0 Å². The van der Waals surface area contributed by atoms with E-state index in [0.717, 1.165) is 39.3 Å². The van der Waals surface area contributed by atoms with Crippen LogP contribution in [0.4, 0.5) is 17.1 Å². The minimum atomic E-state index is 1.06. The van der Waals surface area contributed by atoms with Crippen LogP contribution in [-0.2, 0) is 0 Å². The summed E-state index contributed by atoms with van der Waals surface area (Å²) in [5, 5.41) is 9.94. The third kappa shape index (κ3) is 5.06. The summed E-state index contributed by atoms with van der Waals surface area (Å²) in [7, 11) is 0. The maximum Gasteiger partial charge on any atom is 0.0540 e. The maximum atomic E-state index is 4.47. The summed E-state index contributed by atoms with van der Waals surface area (Å²) in [6.07, 6.45) is 7.52. The summed E-state index contributed by atoms with van der Waals surface area (Å²) in [4.78, 5) is 11.4. The predicted molar refractivity (Wildman–Crippen MR) is 214 cm³/mol. The maximum absolute atomic E-state index is 4.47. The number of hydrogen-bond acceptors (Lipinski definition) is 3. The monoisotopic (exact) mass is 649 g/mol. The highest BCUT2D eigenvalue weighted by Crippen LogP contribution is 2.45. The third-order valence-corrected chi connectivity index (χ3v) is 10.1. The Balaban J connectivity index is 1.23. The second-order valence-corrected chi connectivity index (χ2v) is 13.1. The van der Waals surface area contributed by atoms with Gasteiger partial charge in [-0.15, -0.1) is 0 Å². The summed E-state index contributed by atoms with van der Waals surface area (Å²) < 4.78 is 0. The Hall–Kier alpha value is -6.84. The van der Waals surface area contributed by atoms with E-state index in [2.05, 4.69) is 167 Å². The van der Waals surface area contributed by atoms with Gasteiger partial charge in [0, 0.05) is 52.7 Å². The van der Waals surface area contributed by atoms with Gasteiger partial charge in [-0.3, -0.25) is 9.97 Å². The second kappa shape index (κ2) is 11.9. The van der Waals surface area contributed by atoms with Gasteiger partial charge in [0.15, 0.2) is 0 Å². The van der Waals surface area contributed by atoms with Gasteiger partial charge in [-0.25, -0.2) is 0 Å². The van der Waals surface area contributed by atoms with Gasteiger partial charge in [0.05, 0.1) is 5.69 Å². The first-order valence-electron chi connectivity index (χ1n) is 17.3. The molecule has 0 radical (unpaired) electrons. The molecule has 0 atom stereocenters. The fourth-order valence-corrected chi connectivity index (χ4v) is 7.72. The molecule has 10 aromatic rings. The third-order valence-electron chi connectivity index (χ3n) is 10.1. The van der Waals surface area contributed by atoms with Crippen molar-refractivity contribution in [3.63, 3.8) is 0 Å². The highest BCUT2D eigenvalue weighted by molar-refractivity contribution is 6.24. The van der Waals surface area contributed by atoms with Crippen LogP contribution < -0.4 is 4.90 Å². The first kappa shape index (κ1) is 29.1. The average molecular weight is 650 g/mol. The number of anilines is 3. The van der Waals surface area contributed by atoms with E-state index < -0.39 is 0 Å². The van der Waals surface area contributed by atoms with Crippen LogP contribution in [0.5, 0.6) is 0 Å². The predicted octanol–water partition coefficient (Wildman–Crippen LogP) is 13.0. The van der Waals surface area contributed by atoms with E-state index in [4.69, 9.17) is 0 Å². The number of hydrogen-bond donors (Lipinski definition) is 0. The highest BCUT2D eigenvalue weighted by Gasteiger charge is 2.20. The van der Waals surface area contributed by atoms with Crippen molar-refractivity contribution in [2.75, 3.05) is 4.90 Å². The van der Waals surface area contributed by atoms with Crippen molar-refractivity contribution >= 4 is 60.2 Å². The summed E-state index contributed by atoms with van der Waals surface area (Å²) in [5.41, 5.74) is 10.1. The van der Waals surface area contributed by atoms with Crippen molar-refractivity contribution < 1.29 is 0 Å². The molecular weight excluding hydrogens is 619 g/mol. The first-order chi connectivity index (χ1) is 25.3. The van der Waals surface area contributed by atoms with Gasteiger partial charge in [-0.1, -0.05) is 103 Å². The normalized spacial score (nSPS) is 11.5. The van der Waals surface area contributed by atoms with Gasteiger partial charge in [0.25, 0.3) is 0 Å². The molecule has 8 aromatic carbocycles. The Labute approximate surface area is 296 Å². The summed E-state index contributed by atoms with van der Waals surface area (Å²) >= 11 is 0. The second-order valence-electron chi connectivity index (χ2n) is 13.1. The summed E-state index contributed by atoms with van der Waals surface area (Å²) in [6, 6.07) is 59.4. The van der Waals surface area contributed by atoms with Crippen molar-refractivity contribution in [3.05, 3.63) is 189 Å². The minimum Gasteiger partial charge on any atom is -0.310 e. The van der Waals surface area contributed by atoms with Crippen LogP contribution in [-0.4, -0.2) is 9.97 Å². The Morgan fingerprint density at radius 3 is 1.45 bits per heavy atom. The molecule has 0 N–H and O–H groups in total. The van der Waals surface area contributed by atoms with Crippen LogP contribution in [0, 0.1) is 0 Å². The van der Waals surface area contributed by atoms with E-state index in [0.29, 0.717) is 0 Å². The highest BCUT2D eigenvalue weighted by atomic mass is 15.1. The van der Waals surface area contributed by atoms with E-state index in [9.17, 15) is 0 Å². The SMILES string of the molecule is c1ccc(-c2cc3ccc4cc(N(c5cc(-c6cccnc6)cc(-c6cccnc6)c5)c5cccc6ccccc56)cc5ccc(c2)c3c45)cc1. The Morgan fingerprint density at radius 1 is 0.333 bits per heavy atom. The van der Waals surface area contributed by atoms with Crippen molar-refractivity contribution in [3.8, 4) is 33.4 Å². The fraction of sp³-hybridized carbons (Fsp3) is 0. The zero-order valence-corrected chi connectivity index (χ0v) is 27.7. The van der Waals surface area contributed by atoms with Crippen molar-refractivity contribution in [1.29, 1.82) is 0 Å². The molecular formula is C48H31N3. The van der Waals surface area contributed by atoms with Crippen LogP contribution in [0.2, 0.25) is 0 Å². The van der Waals surface area contributed by atoms with Crippen LogP contribution in [0.15, 0.2) is 189 Å². The van der Waals surface area contributed by atoms with Crippen LogP contribution in [0.25, 0.3) is 76.5 Å². The zero-order valence-electron chi connectivity index (χ0n) is 27.7. The van der Waals surface area contributed by atoms with E-state index in [-0.39, 0.29) is 0 Å². The molecule has 0 aliphatic carbocycles. The van der Waals surface area contributed by atoms with E-state index >= 15 is 0 Å². The van der Waals surface area contributed by atoms with Gasteiger partial charge in [-0.2, -0.15) is 0 Å². The Morgan fingerprint density at radius 2 is 0.843 bits per heavy atom. The standard InChI is InChI=1S/C48H31N3/c1-2-9-32(10-3-1)40-23-34-17-19-36-26-43(27-37-20-18-35(24-40)47(34)48(36)37)51(46-16-6-12-33-11-4-5-15-45(33)46)44-28-41(38-13-7-21-49-30-38)25-42(29-44)39-14-8-22-50-31-39/h1-31H. The first-order valence-corrected chi connectivity index (χ1v) is 17.3. The Bertz CT molecular complexity index is 2720. The lowest BCUT2D eigenvalue weighted by Gasteiger charge is -2.29. The quantitative estimate of drug-likeness (QED) is 0.168. The number of aromatic nitrogens is 2. The molecule has 2 aromatic heterocycles. The van der Waals surface area contributed by atoms with Crippen molar-refractivity contribution in [2.24, 2.45) is 0 Å². The lowest BCUT2D eigenvalue weighted by atomic mass is 9.91. The number of pyridine rings is 2. The molecule has 2 heterocycles. The number of fused-ring (bicyclic) bond motifs is 1. The lowest BCUT2D eigenvalue weighted by Crippen LogP contribution is -2.11. The summed E-state index contributed by atoms with van der Waals surface area (Å²) in [6.45, 7) is 0. The van der Waals surface area contributed by atoms with Crippen LogP contribution in [0.3, 0.4) is 0 Å². The molecule has 0 saturated carbocycles. The molecule has 0 saturated heterocycles. The number of benzene rings is 8. The molecule has 0 bridgehead atoms. The molecule has 0 aliphatic heterocycles. The lowest BCUT2D eigenvalue weighted by molar-refractivity contribution is 1.29. The molecule has 0 fully saturated rings. The zero-order chi connectivity index (χ0) is 33.7. The van der Waals surface area contributed by atoms with Crippen LogP contribution in [0.1, 0.15) is 0 Å². The van der Waals surface area contributed by atoms with Gasteiger partial charge >= 0.3 is 0 Å². The van der Waals surface area contributed by atoms with Crippen molar-refractivity contribution in [2.45, 2.75) is 0 Å². The van der Waals surface area contributed by atoms with E-state index in [1.165, 1.54) is 54.2 Å². The number of rotatable bonds is 6. The van der Waals surface area contributed by atoms with E-state index in [1.807, 2.05) is 36.9 Å². The molecule has 238 valence electrons. The van der Waals surface area contributed by atoms with Crippen LogP contribution >= 0.6 is 0 Å². The average Bonchev–Trinajstić information content (AvgIpc) is 3.21. The topological polar surface area (TPSA) is 29.0 Å². The minimum absolute atomic E-state index is 1.06. The summed E-state index contributed by atoms with van der Waals surface area (Å²) in [5.74, 6) is 0. The van der Waals surface area contributed by atoms with Gasteiger partial charge in [0.1, 0.15) is 0 Å². The smallest absolute Gasteiger partial charge is 0.0540 e. The van der Waals surface area contributed by atoms with Gasteiger partial charge in [0.2, 0.25) is 0 Å². The van der Waals surface area contributed by atoms with Crippen molar-refractivity contribution in [1.82, 2.24) is 9.97 Å². The molecule has 0 spiro atoms. The molecule has 3 nitrogen and oxygen atoms in total. The number of nitrogens with zero attached hydrogens (tertiary/aromatic N) is 3. The van der Waals surface area contributed by atoms with Gasteiger partial charge in [-0.05, 0) is 121 Å².